The molecule has 0 aliphatic heterocycles. The molecule has 0 saturated carbocycles. The summed E-state index contributed by atoms with van der Waals surface area (Å²) in [6, 6.07) is 3.39. The second kappa shape index (κ2) is 6.35. The van der Waals surface area contributed by atoms with E-state index in [2.05, 4.69) is 4.37 Å². The van der Waals surface area contributed by atoms with Gasteiger partial charge in [-0.2, -0.15) is 30.7 Å². The lowest BCUT2D eigenvalue weighted by Crippen LogP contribution is -2.30. The summed E-state index contributed by atoms with van der Waals surface area (Å²) in [6.45, 7) is 0. The van der Waals surface area contributed by atoms with Gasteiger partial charge in [0.15, 0.2) is 4.88 Å². The summed E-state index contributed by atoms with van der Waals surface area (Å²) in [6.07, 6.45) is -10.0. The predicted octanol–water partition coefficient (Wildman–Crippen LogP) is 4.03. The topological polar surface area (TPSA) is 79.3 Å². The van der Waals surface area contributed by atoms with Crippen molar-refractivity contribution < 1.29 is 41.0 Å². The first-order valence-electron chi connectivity index (χ1n) is 6.20. The van der Waals surface area contributed by atoms with Gasteiger partial charge in [0, 0.05) is 5.56 Å². The van der Waals surface area contributed by atoms with E-state index in [4.69, 9.17) is 5.11 Å². The van der Waals surface area contributed by atoms with E-state index in [-0.39, 0.29) is 17.1 Å². The number of hydrogen-bond acceptors (Lipinski definition) is 4. The maximum atomic E-state index is 12.8. The second-order valence-electron chi connectivity index (χ2n) is 4.57. The Morgan fingerprint density at radius 2 is 1.76 bits per heavy atom. The van der Waals surface area contributed by atoms with Crippen molar-refractivity contribution in [2.24, 2.45) is 0 Å². The zero-order chi connectivity index (χ0) is 19.0. The highest BCUT2D eigenvalue weighted by Gasteiger charge is 2.40. The molecule has 0 spiro atoms. The van der Waals surface area contributed by atoms with Crippen molar-refractivity contribution >= 4 is 29.1 Å². The number of halogens is 6. The quantitative estimate of drug-likeness (QED) is 0.784. The fourth-order valence-electron chi connectivity index (χ4n) is 1.78. The first kappa shape index (κ1) is 18.7. The smallest absolute Gasteiger partial charge is 0.471 e. The number of amides is 1. The van der Waals surface area contributed by atoms with E-state index in [0.29, 0.717) is 6.07 Å². The number of nitrogens with zero attached hydrogens (tertiary/aromatic N) is 1. The summed E-state index contributed by atoms with van der Waals surface area (Å²) >= 11 is 0.232. The molecule has 2 rings (SSSR count). The number of aromatic nitrogens is 1. The Morgan fingerprint density at radius 1 is 1.12 bits per heavy atom. The molecule has 0 aliphatic rings. The Morgan fingerprint density at radius 3 is 2.28 bits per heavy atom. The van der Waals surface area contributed by atoms with Crippen molar-refractivity contribution in [3.05, 3.63) is 34.7 Å². The molecule has 1 aromatic carbocycles. The van der Waals surface area contributed by atoms with E-state index in [1.807, 2.05) is 0 Å². The molecule has 25 heavy (non-hydrogen) atoms. The molecule has 0 aliphatic carbocycles. The molecule has 5 nitrogen and oxygen atoms in total. The maximum Gasteiger partial charge on any atom is 0.471 e. The van der Waals surface area contributed by atoms with Crippen LogP contribution in [0.3, 0.4) is 0 Å². The van der Waals surface area contributed by atoms with E-state index < -0.39 is 46.1 Å². The maximum absolute atomic E-state index is 12.8. The predicted molar refractivity (Wildman–Crippen MR) is 74.2 cm³/mol. The van der Waals surface area contributed by atoms with Gasteiger partial charge >= 0.3 is 24.2 Å². The molecule has 0 radical (unpaired) electrons. The van der Waals surface area contributed by atoms with Gasteiger partial charge < -0.3 is 10.4 Å². The third-order valence-corrected chi connectivity index (χ3v) is 3.68. The Balaban J connectivity index is 2.56. The van der Waals surface area contributed by atoms with Gasteiger partial charge in [0.25, 0.3) is 0 Å². The normalized spacial score (nSPS) is 12.1. The second-order valence-corrected chi connectivity index (χ2v) is 5.34. The fourth-order valence-corrected chi connectivity index (χ4v) is 2.47. The number of nitrogens with one attached hydrogen (secondary N) is 1. The first-order valence-corrected chi connectivity index (χ1v) is 6.97. The number of carboxylic acid groups (broad SMARTS) is 1. The molecule has 1 heterocycles. The Bertz CT molecular complexity index is 828. The van der Waals surface area contributed by atoms with E-state index in [1.54, 1.807) is 0 Å². The number of aromatic carboxylic acids is 1. The summed E-state index contributed by atoms with van der Waals surface area (Å²) in [5.41, 5.74) is -2.73. The third-order valence-electron chi connectivity index (χ3n) is 2.85. The standard InChI is InChI=1S/C13H6F6N2O3S/c14-12(15,16)6-3-1-2-5(4-6)7-8(9(10(22)23)25-21-7)20-11(24)13(17,18)19/h1-4H,(H,20,24)(H,22,23). The van der Waals surface area contributed by atoms with Gasteiger partial charge in [-0.25, -0.2) is 4.79 Å². The minimum atomic E-state index is -5.32. The molecule has 0 saturated heterocycles. The zero-order valence-corrected chi connectivity index (χ0v) is 12.5. The zero-order valence-electron chi connectivity index (χ0n) is 11.7. The number of hydrogen-bond donors (Lipinski definition) is 2. The van der Waals surface area contributed by atoms with E-state index >= 15 is 0 Å². The lowest BCUT2D eigenvalue weighted by molar-refractivity contribution is -0.167. The highest BCUT2D eigenvalue weighted by Crippen LogP contribution is 2.37. The van der Waals surface area contributed by atoms with Crippen LogP contribution in [0.2, 0.25) is 0 Å². The number of benzene rings is 1. The molecular weight excluding hydrogens is 378 g/mol. The number of anilines is 1. The van der Waals surface area contributed by atoms with Crippen LogP contribution < -0.4 is 5.32 Å². The first-order chi connectivity index (χ1) is 11.4. The van der Waals surface area contributed by atoms with Crippen LogP contribution >= 0.6 is 11.5 Å². The summed E-state index contributed by atoms with van der Waals surface area (Å²) in [5, 5.41) is 10.3. The third kappa shape index (κ3) is 4.07. The van der Waals surface area contributed by atoms with Gasteiger partial charge in [0.1, 0.15) is 5.69 Å². The fraction of sp³-hybridized carbons (Fsp3) is 0.154. The molecule has 2 aromatic rings. The van der Waals surface area contributed by atoms with Crippen LogP contribution in [-0.4, -0.2) is 27.5 Å². The van der Waals surface area contributed by atoms with Gasteiger partial charge in [-0.1, -0.05) is 12.1 Å². The molecule has 0 fully saturated rings. The van der Waals surface area contributed by atoms with E-state index in [0.717, 1.165) is 18.2 Å². The van der Waals surface area contributed by atoms with E-state index in [9.17, 15) is 35.9 Å². The largest absolute Gasteiger partial charge is 0.477 e. The average molecular weight is 384 g/mol. The monoisotopic (exact) mass is 384 g/mol. The van der Waals surface area contributed by atoms with Crippen LogP contribution in [0.25, 0.3) is 11.3 Å². The number of carbonyl (C=O) groups excluding carboxylic acids is 1. The van der Waals surface area contributed by atoms with Crippen molar-refractivity contribution in [1.29, 1.82) is 0 Å². The van der Waals surface area contributed by atoms with E-state index in [1.165, 1.54) is 5.32 Å². The van der Waals surface area contributed by atoms with Crippen LogP contribution in [-0.2, 0) is 11.0 Å². The van der Waals surface area contributed by atoms with Crippen molar-refractivity contribution in [2.75, 3.05) is 5.32 Å². The minimum absolute atomic E-state index is 0.232. The van der Waals surface area contributed by atoms with Gasteiger partial charge in [-0.15, -0.1) is 0 Å². The molecule has 2 N–H and O–H groups in total. The summed E-state index contributed by atoms with van der Waals surface area (Å²) in [4.78, 5) is 21.4. The molecule has 12 heteroatoms. The summed E-state index contributed by atoms with van der Waals surface area (Å²) < 4.78 is 79.0. The SMILES string of the molecule is O=C(O)c1snc(-c2cccc(C(F)(F)F)c2)c1NC(=O)C(F)(F)F. The Hall–Kier alpha value is -2.63. The molecule has 0 bridgehead atoms. The van der Waals surface area contributed by atoms with Gasteiger partial charge in [-0.05, 0) is 23.7 Å². The molecular formula is C13H6F6N2O3S. The van der Waals surface area contributed by atoms with Gasteiger partial charge in [0.05, 0.1) is 11.3 Å². The average Bonchev–Trinajstić information content (AvgIpc) is 2.89. The number of carbonyl (C=O) groups is 2. The molecule has 1 amide bonds. The highest BCUT2D eigenvalue weighted by molar-refractivity contribution is 7.09. The van der Waals surface area contributed by atoms with Crippen molar-refractivity contribution in [2.45, 2.75) is 12.4 Å². The molecule has 134 valence electrons. The lowest BCUT2D eigenvalue weighted by atomic mass is 10.1. The lowest BCUT2D eigenvalue weighted by Gasteiger charge is -2.11. The number of alkyl halides is 6. The summed E-state index contributed by atoms with van der Waals surface area (Å²) in [5.74, 6) is -4.16. The highest BCUT2D eigenvalue weighted by atomic mass is 32.1. The van der Waals surface area contributed by atoms with Crippen molar-refractivity contribution in [3.63, 3.8) is 0 Å². The van der Waals surface area contributed by atoms with Crippen molar-refractivity contribution in [1.82, 2.24) is 4.37 Å². The van der Waals surface area contributed by atoms with Crippen LogP contribution in [0.1, 0.15) is 15.2 Å². The van der Waals surface area contributed by atoms with Gasteiger partial charge in [-0.3, -0.25) is 4.79 Å². The van der Waals surface area contributed by atoms with Crippen LogP contribution in [0.4, 0.5) is 32.0 Å². The van der Waals surface area contributed by atoms with Crippen LogP contribution in [0.5, 0.6) is 0 Å². The van der Waals surface area contributed by atoms with Crippen LogP contribution in [0.15, 0.2) is 24.3 Å². The Labute approximate surface area is 139 Å². The van der Waals surface area contributed by atoms with Crippen LogP contribution in [0, 0.1) is 0 Å². The minimum Gasteiger partial charge on any atom is -0.477 e. The number of carboxylic acids is 1. The molecule has 0 atom stereocenters. The number of rotatable bonds is 3. The molecule has 0 unspecified atom stereocenters. The molecule has 1 aromatic heterocycles. The van der Waals surface area contributed by atoms with Gasteiger partial charge in [0.2, 0.25) is 0 Å². The van der Waals surface area contributed by atoms with Crippen molar-refractivity contribution in [3.8, 4) is 11.3 Å². The Kier molecular flexibility index (Phi) is 4.75. The summed E-state index contributed by atoms with van der Waals surface area (Å²) in [7, 11) is 0.